The third-order valence-electron chi connectivity index (χ3n) is 6.63. The minimum atomic E-state index is -0.476. The zero-order valence-corrected chi connectivity index (χ0v) is 18.1. The van der Waals surface area contributed by atoms with Crippen LogP contribution in [0.15, 0.2) is 60.7 Å². The highest BCUT2D eigenvalue weighted by molar-refractivity contribution is 5.29. The second-order valence-electron chi connectivity index (χ2n) is 10.3. The Morgan fingerprint density at radius 3 is 2.14 bits per heavy atom. The van der Waals surface area contributed by atoms with Gasteiger partial charge in [-0.2, -0.15) is 0 Å². The van der Waals surface area contributed by atoms with Crippen molar-refractivity contribution in [2.75, 3.05) is 19.7 Å². The predicted octanol–water partition coefficient (Wildman–Crippen LogP) is 5.05. The van der Waals surface area contributed by atoms with Crippen LogP contribution < -0.4 is 0 Å². The van der Waals surface area contributed by atoms with Gasteiger partial charge in [0.2, 0.25) is 0 Å². The number of hydrogen-bond donors (Lipinski definition) is 1. The quantitative estimate of drug-likeness (QED) is 0.714. The fourth-order valence-corrected chi connectivity index (χ4v) is 5.96. The van der Waals surface area contributed by atoms with Crippen molar-refractivity contribution in [2.24, 2.45) is 10.8 Å². The van der Waals surface area contributed by atoms with Crippen molar-refractivity contribution in [3.05, 3.63) is 71.8 Å². The molecule has 0 aromatic heterocycles. The molecule has 1 saturated heterocycles. The molecule has 0 spiro atoms. The smallest absolute Gasteiger partial charge is 0.108 e. The van der Waals surface area contributed by atoms with E-state index in [-0.39, 0.29) is 6.10 Å². The number of ether oxygens (including phenoxy) is 1. The molecule has 1 N–H and O–H groups in total. The fourth-order valence-electron chi connectivity index (χ4n) is 5.96. The van der Waals surface area contributed by atoms with Crippen LogP contribution in [0.3, 0.4) is 0 Å². The summed E-state index contributed by atoms with van der Waals surface area (Å²) in [7, 11) is 0. The normalized spacial score (nSPS) is 27.3. The second kappa shape index (κ2) is 8.22. The van der Waals surface area contributed by atoms with Gasteiger partial charge in [0.1, 0.15) is 6.10 Å². The summed E-state index contributed by atoms with van der Waals surface area (Å²) < 4.78 is 6.29. The molecule has 2 aromatic rings. The number of rotatable bonds is 7. The number of fused-ring (bicyclic) bond motifs is 2. The van der Waals surface area contributed by atoms with Gasteiger partial charge in [-0.1, -0.05) is 81.4 Å². The molecule has 29 heavy (non-hydrogen) atoms. The SMILES string of the molecule is CC1(C)CC2CC(C)(CN2CC(O)COC(c2ccccc2)c2ccccc2)C1. The van der Waals surface area contributed by atoms with Crippen LogP contribution in [0.5, 0.6) is 0 Å². The predicted molar refractivity (Wildman–Crippen MR) is 118 cm³/mol. The third-order valence-corrected chi connectivity index (χ3v) is 6.63. The minimum absolute atomic E-state index is 0.152. The molecule has 1 saturated carbocycles. The number of hydrogen-bond acceptors (Lipinski definition) is 3. The van der Waals surface area contributed by atoms with E-state index < -0.39 is 6.10 Å². The first kappa shape index (κ1) is 20.6. The Labute approximate surface area is 175 Å². The molecule has 3 heteroatoms. The molecule has 0 amide bonds. The first-order valence-electron chi connectivity index (χ1n) is 11.0. The highest BCUT2D eigenvalue weighted by Gasteiger charge is 2.49. The van der Waals surface area contributed by atoms with Crippen LogP contribution in [-0.4, -0.2) is 41.8 Å². The molecule has 0 radical (unpaired) electrons. The lowest BCUT2D eigenvalue weighted by Crippen LogP contribution is -2.39. The van der Waals surface area contributed by atoms with Gasteiger partial charge in [0.15, 0.2) is 0 Å². The van der Waals surface area contributed by atoms with Gasteiger partial charge in [-0.25, -0.2) is 0 Å². The summed E-state index contributed by atoms with van der Waals surface area (Å²) in [6.45, 7) is 9.35. The van der Waals surface area contributed by atoms with E-state index in [2.05, 4.69) is 49.9 Å². The summed E-state index contributed by atoms with van der Waals surface area (Å²) >= 11 is 0. The van der Waals surface area contributed by atoms with Gasteiger partial charge >= 0.3 is 0 Å². The van der Waals surface area contributed by atoms with E-state index in [4.69, 9.17) is 4.74 Å². The number of aliphatic hydroxyl groups is 1. The Balaban J connectivity index is 1.40. The zero-order valence-electron chi connectivity index (χ0n) is 18.1. The van der Waals surface area contributed by atoms with Gasteiger partial charge in [-0.15, -0.1) is 0 Å². The van der Waals surface area contributed by atoms with Crippen LogP contribution in [0, 0.1) is 10.8 Å². The van der Waals surface area contributed by atoms with Gasteiger partial charge < -0.3 is 9.84 Å². The number of nitrogens with zero attached hydrogens (tertiary/aromatic N) is 1. The molecule has 2 aromatic carbocycles. The number of β-amino-alcohol motifs (C(OH)–C–C–N with tert-alkyl or cyclic N) is 1. The Bertz CT molecular complexity index is 751. The average molecular weight is 394 g/mol. The first-order chi connectivity index (χ1) is 13.8. The van der Waals surface area contributed by atoms with Crippen LogP contribution in [0.25, 0.3) is 0 Å². The highest BCUT2D eigenvalue weighted by atomic mass is 16.5. The lowest BCUT2D eigenvalue weighted by molar-refractivity contribution is -0.0112. The van der Waals surface area contributed by atoms with E-state index >= 15 is 0 Å². The van der Waals surface area contributed by atoms with Crippen molar-refractivity contribution in [3.8, 4) is 0 Å². The third kappa shape index (κ3) is 4.91. The summed E-state index contributed by atoms with van der Waals surface area (Å²) in [6, 6.07) is 21.2. The summed E-state index contributed by atoms with van der Waals surface area (Å²) in [5, 5.41) is 10.8. The summed E-state index contributed by atoms with van der Waals surface area (Å²) in [6.07, 6.45) is 3.15. The van der Waals surface area contributed by atoms with Crippen LogP contribution in [0.4, 0.5) is 0 Å². The van der Waals surface area contributed by atoms with Crippen molar-refractivity contribution in [1.82, 2.24) is 4.90 Å². The van der Waals surface area contributed by atoms with Crippen LogP contribution >= 0.6 is 0 Å². The lowest BCUT2D eigenvalue weighted by Gasteiger charge is -2.40. The monoisotopic (exact) mass is 393 g/mol. The second-order valence-corrected chi connectivity index (χ2v) is 10.3. The van der Waals surface area contributed by atoms with E-state index in [1.54, 1.807) is 0 Å². The van der Waals surface area contributed by atoms with E-state index in [1.165, 1.54) is 19.3 Å². The summed E-state index contributed by atoms with van der Waals surface area (Å²) in [5.74, 6) is 0. The van der Waals surface area contributed by atoms with Crippen molar-refractivity contribution in [3.63, 3.8) is 0 Å². The maximum Gasteiger partial charge on any atom is 0.108 e. The Kier molecular flexibility index (Phi) is 5.83. The molecule has 3 atom stereocenters. The molecular weight excluding hydrogens is 358 g/mol. The van der Waals surface area contributed by atoms with Crippen molar-refractivity contribution in [1.29, 1.82) is 0 Å². The standard InChI is InChI=1S/C26H35NO2/c1-25(2)14-22-15-26(3,18-25)19-27(22)16-23(28)17-29-24(20-10-6-4-7-11-20)21-12-8-5-9-13-21/h4-13,22-24,28H,14-19H2,1-3H3. The van der Waals surface area contributed by atoms with E-state index in [0.29, 0.717) is 30.0 Å². The summed E-state index contributed by atoms with van der Waals surface area (Å²) in [4.78, 5) is 2.52. The maximum absolute atomic E-state index is 10.8. The molecule has 2 fully saturated rings. The fraction of sp³-hybridized carbons (Fsp3) is 0.538. The Morgan fingerprint density at radius 2 is 1.55 bits per heavy atom. The molecule has 156 valence electrons. The van der Waals surface area contributed by atoms with Crippen LogP contribution in [0.1, 0.15) is 57.3 Å². The molecule has 3 nitrogen and oxygen atoms in total. The van der Waals surface area contributed by atoms with Crippen molar-refractivity contribution in [2.45, 2.75) is 58.3 Å². The van der Waals surface area contributed by atoms with Crippen molar-refractivity contribution < 1.29 is 9.84 Å². The summed E-state index contributed by atoms with van der Waals surface area (Å²) in [5.41, 5.74) is 3.04. The van der Waals surface area contributed by atoms with Gasteiger partial charge in [0.05, 0.1) is 12.7 Å². The molecule has 1 heterocycles. The molecule has 1 aliphatic heterocycles. The van der Waals surface area contributed by atoms with E-state index in [9.17, 15) is 5.11 Å². The molecule has 2 bridgehead atoms. The topological polar surface area (TPSA) is 32.7 Å². The molecular formula is C26H35NO2. The zero-order chi connectivity index (χ0) is 20.5. The number of likely N-dealkylation sites (tertiary alicyclic amines) is 1. The molecule has 1 aliphatic carbocycles. The van der Waals surface area contributed by atoms with Gasteiger partial charge in [-0.05, 0) is 41.2 Å². The van der Waals surface area contributed by atoms with Crippen molar-refractivity contribution >= 4 is 0 Å². The Hall–Kier alpha value is -1.68. The maximum atomic E-state index is 10.8. The van der Waals surface area contributed by atoms with Crippen LogP contribution in [-0.2, 0) is 4.74 Å². The van der Waals surface area contributed by atoms with Gasteiger partial charge in [0.25, 0.3) is 0 Å². The minimum Gasteiger partial charge on any atom is -0.389 e. The molecule has 4 rings (SSSR count). The molecule has 2 aliphatic rings. The highest BCUT2D eigenvalue weighted by Crippen LogP contribution is 2.52. The lowest BCUT2D eigenvalue weighted by atomic mass is 9.65. The Morgan fingerprint density at radius 1 is 0.966 bits per heavy atom. The first-order valence-corrected chi connectivity index (χ1v) is 11.0. The number of benzene rings is 2. The van der Waals surface area contributed by atoms with Gasteiger partial charge in [-0.3, -0.25) is 4.90 Å². The van der Waals surface area contributed by atoms with Crippen LogP contribution in [0.2, 0.25) is 0 Å². The molecule has 3 unspecified atom stereocenters. The largest absolute Gasteiger partial charge is 0.389 e. The van der Waals surface area contributed by atoms with E-state index in [0.717, 1.165) is 17.7 Å². The number of aliphatic hydroxyl groups excluding tert-OH is 1. The van der Waals surface area contributed by atoms with E-state index in [1.807, 2.05) is 36.4 Å². The van der Waals surface area contributed by atoms with Gasteiger partial charge in [0, 0.05) is 19.1 Å². The average Bonchev–Trinajstić information content (AvgIpc) is 2.91.